The van der Waals surface area contributed by atoms with Crippen molar-refractivity contribution < 1.29 is 14.4 Å². The van der Waals surface area contributed by atoms with Crippen LogP contribution in [0.1, 0.15) is 41.6 Å². The Bertz CT molecular complexity index is 1150. The van der Waals surface area contributed by atoms with Crippen LogP contribution in [-0.2, 0) is 9.59 Å². The Balaban J connectivity index is 1.26. The van der Waals surface area contributed by atoms with Crippen molar-refractivity contribution in [1.29, 1.82) is 0 Å². The standard InChI is InChI=1S/C26H26N4O3S/c31-23(18-22-25(33)29-26(34-22)30-15-5-2-6-16-30)28-21-13-7-12-20(17-21)24(32)27-14-8-11-19-9-3-1-4-10-19/h1,3-4,7,9-10,12-13,17,22H,2,5-6,14-16,18H2,(H,27,32)(H,28,31). The van der Waals surface area contributed by atoms with E-state index in [-0.39, 0.29) is 30.7 Å². The predicted octanol–water partition coefficient (Wildman–Crippen LogP) is 3.28. The smallest absolute Gasteiger partial charge is 0.262 e. The Labute approximate surface area is 203 Å². The molecule has 0 aromatic heterocycles. The summed E-state index contributed by atoms with van der Waals surface area (Å²) in [6.45, 7) is 2.03. The number of nitrogens with one attached hydrogen (secondary N) is 2. The zero-order chi connectivity index (χ0) is 23.8. The number of hydrogen-bond acceptors (Lipinski definition) is 5. The van der Waals surface area contributed by atoms with Crippen LogP contribution in [0.2, 0.25) is 0 Å². The number of anilines is 1. The van der Waals surface area contributed by atoms with Crippen molar-refractivity contribution >= 4 is 40.3 Å². The molecule has 1 atom stereocenters. The third-order valence-corrected chi connectivity index (χ3v) is 6.69. The molecule has 3 amide bonds. The molecule has 34 heavy (non-hydrogen) atoms. The van der Waals surface area contributed by atoms with E-state index in [4.69, 9.17) is 0 Å². The number of nitrogens with zero attached hydrogens (tertiary/aromatic N) is 2. The zero-order valence-electron chi connectivity index (χ0n) is 18.8. The van der Waals surface area contributed by atoms with Gasteiger partial charge in [0, 0.05) is 36.3 Å². The maximum absolute atomic E-state index is 12.6. The third kappa shape index (κ3) is 6.49. The van der Waals surface area contributed by atoms with E-state index >= 15 is 0 Å². The first-order chi connectivity index (χ1) is 16.6. The van der Waals surface area contributed by atoms with Gasteiger partial charge in [-0.05, 0) is 49.6 Å². The Morgan fingerprint density at radius 1 is 1.06 bits per heavy atom. The van der Waals surface area contributed by atoms with Crippen LogP contribution in [-0.4, -0.2) is 52.7 Å². The van der Waals surface area contributed by atoms with E-state index in [9.17, 15) is 14.4 Å². The molecule has 0 aliphatic carbocycles. The van der Waals surface area contributed by atoms with Gasteiger partial charge < -0.3 is 15.5 Å². The second-order valence-electron chi connectivity index (χ2n) is 8.07. The maximum atomic E-state index is 12.6. The van der Waals surface area contributed by atoms with E-state index in [1.807, 2.05) is 30.3 Å². The van der Waals surface area contributed by atoms with Crippen LogP contribution in [0, 0.1) is 11.8 Å². The second kappa shape index (κ2) is 11.5. The van der Waals surface area contributed by atoms with E-state index in [2.05, 4.69) is 32.4 Å². The number of carbonyl (C=O) groups is 3. The molecule has 2 aromatic carbocycles. The van der Waals surface area contributed by atoms with Crippen LogP contribution in [0.25, 0.3) is 0 Å². The molecule has 2 aromatic rings. The summed E-state index contributed by atoms with van der Waals surface area (Å²) >= 11 is 1.37. The fraction of sp³-hybridized carbons (Fsp3) is 0.308. The van der Waals surface area contributed by atoms with Gasteiger partial charge in [0.2, 0.25) is 5.91 Å². The van der Waals surface area contributed by atoms with E-state index in [0.717, 1.165) is 36.7 Å². The van der Waals surface area contributed by atoms with Crippen molar-refractivity contribution in [1.82, 2.24) is 10.2 Å². The van der Waals surface area contributed by atoms with Gasteiger partial charge in [0.1, 0.15) is 5.25 Å². The molecule has 0 saturated carbocycles. The summed E-state index contributed by atoms with van der Waals surface area (Å²) in [6, 6.07) is 16.2. The molecule has 1 unspecified atom stereocenters. The SMILES string of the molecule is O=C(CC1SC(N2CCCCC2)=NC1=O)Nc1cccc(C(=O)NCC#Cc2ccccc2)c1. The fourth-order valence-corrected chi connectivity index (χ4v) is 4.86. The number of carbonyl (C=O) groups excluding carboxylic acids is 3. The molecular weight excluding hydrogens is 448 g/mol. The largest absolute Gasteiger partial charge is 0.351 e. The van der Waals surface area contributed by atoms with Gasteiger partial charge in [0.15, 0.2) is 5.17 Å². The zero-order valence-corrected chi connectivity index (χ0v) is 19.6. The fourth-order valence-electron chi connectivity index (χ4n) is 3.74. The summed E-state index contributed by atoms with van der Waals surface area (Å²) in [5.41, 5.74) is 1.80. The van der Waals surface area contributed by atoms with Crippen LogP contribution in [0.15, 0.2) is 59.6 Å². The number of amidine groups is 1. The highest BCUT2D eigenvalue weighted by Gasteiger charge is 2.33. The van der Waals surface area contributed by atoms with Crippen molar-refractivity contribution in [2.24, 2.45) is 4.99 Å². The van der Waals surface area contributed by atoms with E-state index in [1.54, 1.807) is 24.3 Å². The summed E-state index contributed by atoms with van der Waals surface area (Å²) < 4.78 is 0. The topological polar surface area (TPSA) is 90.9 Å². The molecule has 0 bridgehead atoms. The minimum Gasteiger partial charge on any atom is -0.351 e. The number of piperidine rings is 1. The first kappa shape index (κ1) is 23.6. The lowest BCUT2D eigenvalue weighted by molar-refractivity contribution is -0.121. The second-order valence-corrected chi connectivity index (χ2v) is 9.24. The Kier molecular flexibility index (Phi) is 7.99. The molecule has 4 rings (SSSR count). The minimum atomic E-state index is -0.508. The number of amides is 3. The van der Waals surface area contributed by atoms with Gasteiger partial charge in [-0.1, -0.05) is 47.9 Å². The first-order valence-corrected chi connectivity index (χ1v) is 12.2. The van der Waals surface area contributed by atoms with Gasteiger partial charge in [-0.3, -0.25) is 14.4 Å². The average molecular weight is 475 g/mol. The van der Waals surface area contributed by atoms with Gasteiger partial charge in [-0.25, -0.2) is 0 Å². The van der Waals surface area contributed by atoms with Gasteiger partial charge in [-0.15, -0.1) is 0 Å². The van der Waals surface area contributed by atoms with Gasteiger partial charge in [-0.2, -0.15) is 4.99 Å². The van der Waals surface area contributed by atoms with Crippen molar-refractivity contribution in [3.05, 3.63) is 65.7 Å². The summed E-state index contributed by atoms with van der Waals surface area (Å²) in [7, 11) is 0. The summed E-state index contributed by atoms with van der Waals surface area (Å²) in [6.07, 6.45) is 3.44. The Morgan fingerprint density at radius 3 is 2.65 bits per heavy atom. The molecule has 2 aliphatic heterocycles. The molecule has 2 heterocycles. The number of thioether (sulfide) groups is 1. The lowest BCUT2D eigenvalue weighted by Gasteiger charge is -2.27. The number of aliphatic imine (C=N–C) groups is 1. The number of hydrogen-bond donors (Lipinski definition) is 2. The Morgan fingerprint density at radius 2 is 1.85 bits per heavy atom. The summed E-state index contributed by atoms with van der Waals surface area (Å²) in [5, 5.41) is 5.77. The first-order valence-electron chi connectivity index (χ1n) is 11.3. The van der Waals surface area contributed by atoms with Crippen LogP contribution < -0.4 is 10.6 Å². The van der Waals surface area contributed by atoms with Gasteiger partial charge in [0.05, 0.1) is 6.54 Å². The number of benzene rings is 2. The van der Waals surface area contributed by atoms with E-state index in [1.165, 1.54) is 18.2 Å². The summed E-state index contributed by atoms with van der Waals surface area (Å²) in [4.78, 5) is 43.6. The van der Waals surface area contributed by atoms with Crippen molar-refractivity contribution in [3.8, 4) is 11.8 Å². The van der Waals surface area contributed by atoms with Gasteiger partial charge >= 0.3 is 0 Å². The monoisotopic (exact) mass is 474 g/mol. The van der Waals surface area contributed by atoms with Crippen molar-refractivity contribution in [2.45, 2.75) is 30.9 Å². The van der Waals surface area contributed by atoms with Crippen molar-refractivity contribution in [3.63, 3.8) is 0 Å². The molecule has 7 nitrogen and oxygen atoms in total. The molecule has 2 aliphatic rings. The molecular formula is C26H26N4O3S. The highest BCUT2D eigenvalue weighted by Crippen LogP contribution is 2.29. The lowest BCUT2D eigenvalue weighted by atomic mass is 10.1. The third-order valence-electron chi connectivity index (χ3n) is 5.48. The van der Waals surface area contributed by atoms with Crippen LogP contribution in [0.5, 0.6) is 0 Å². The lowest BCUT2D eigenvalue weighted by Crippen LogP contribution is -2.33. The molecule has 174 valence electrons. The molecule has 2 N–H and O–H groups in total. The molecule has 1 saturated heterocycles. The molecule has 0 radical (unpaired) electrons. The average Bonchev–Trinajstić information content (AvgIpc) is 3.23. The normalized spacial score (nSPS) is 17.4. The van der Waals surface area contributed by atoms with Crippen LogP contribution >= 0.6 is 11.8 Å². The number of rotatable bonds is 5. The van der Waals surface area contributed by atoms with Crippen LogP contribution in [0.4, 0.5) is 5.69 Å². The predicted molar refractivity (Wildman–Crippen MR) is 135 cm³/mol. The quantitative estimate of drug-likeness (QED) is 0.649. The highest BCUT2D eigenvalue weighted by molar-refractivity contribution is 8.15. The molecule has 8 heteroatoms. The Hall–Kier alpha value is -3.57. The highest BCUT2D eigenvalue weighted by atomic mass is 32.2. The number of likely N-dealkylation sites (tertiary alicyclic amines) is 1. The molecule has 0 spiro atoms. The van der Waals surface area contributed by atoms with Crippen molar-refractivity contribution in [2.75, 3.05) is 25.0 Å². The van der Waals surface area contributed by atoms with Gasteiger partial charge in [0.25, 0.3) is 11.8 Å². The minimum absolute atomic E-state index is 0.0375. The molecule has 1 fully saturated rings. The van der Waals surface area contributed by atoms with E-state index in [0.29, 0.717) is 11.3 Å². The maximum Gasteiger partial charge on any atom is 0.262 e. The summed E-state index contributed by atoms with van der Waals surface area (Å²) in [5.74, 6) is 5.09. The van der Waals surface area contributed by atoms with E-state index < -0.39 is 5.25 Å². The van der Waals surface area contributed by atoms with Crippen LogP contribution in [0.3, 0.4) is 0 Å².